The first kappa shape index (κ1) is 14.8. The molecule has 1 amide bonds. The van der Waals surface area contributed by atoms with Crippen LogP contribution < -0.4 is 5.32 Å². The van der Waals surface area contributed by atoms with Gasteiger partial charge in [0.05, 0.1) is 17.8 Å². The van der Waals surface area contributed by atoms with Crippen molar-refractivity contribution in [1.82, 2.24) is 5.32 Å². The minimum Gasteiger partial charge on any atom is -0.459 e. The van der Waals surface area contributed by atoms with Crippen molar-refractivity contribution in [2.24, 2.45) is 5.92 Å². The van der Waals surface area contributed by atoms with Gasteiger partial charge in [-0.3, -0.25) is 4.79 Å². The molecule has 2 aromatic rings. The van der Waals surface area contributed by atoms with Crippen molar-refractivity contribution in [2.75, 3.05) is 18.1 Å². The van der Waals surface area contributed by atoms with Gasteiger partial charge in [-0.2, -0.15) is 0 Å². The van der Waals surface area contributed by atoms with E-state index in [-0.39, 0.29) is 29.1 Å². The number of rotatable bonds is 4. The number of nitrogens with one attached hydrogen (secondary N) is 1. The molecule has 3 rings (SSSR count). The highest BCUT2D eigenvalue weighted by Gasteiger charge is 2.28. The molecule has 1 saturated heterocycles. The average molecular weight is 319 g/mol. The molecular formula is C16H17NO4S. The maximum Gasteiger partial charge on any atom is 0.287 e. The molecule has 22 heavy (non-hydrogen) atoms. The lowest BCUT2D eigenvalue weighted by atomic mass is 10.1. The minimum atomic E-state index is -2.92. The maximum atomic E-state index is 12.3. The summed E-state index contributed by atoms with van der Waals surface area (Å²) in [6.07, 6.45) is 2.09. The minimum absolute atomic E-state index is 0.0101. The van der Waals surface area contributed by atoms with Crippen LogP contribution in [0.15, 0.2) is 47.1 Å². The molecule has 1 atom stereocenters. The second-order valence-corrected chi connectivity index (χ2v) is 7.74. The molecule has 1 fully saturated rings. The number of hydrogen-bond donors (Lipinski definition) is 1. The molecule has 1 unspecified atom stereocenters. The summed E-state index contributed by atoms with van der Waals surface area (Å²) in [5.41, 5.74) is 1.64. The molecule has 2 heterocycles. The SMILES string of the molecule is O=C(NCC1CCS(=O)(=O)C1)c1occc1-c1ccccc1. The summed E-state index contributed by atoms with van der Waals surface area (Å²) in [7, 11) is -2.92. The van der Waals surface area contributed by atoms with Gasteiger partial charge in [0, 0.05) is 12.1 Å². The van der Waals surface area contributed by atoms with E-state index < -0.39 is 9.84 Å². The molecule has 116 valence electrons. The van der Waals surface area contributed by atoms with E-state index in [0.29, 0.717) is 13.0 Å². The van der Waals surface area contributed by atoms with Crippen molar-refractivity contribution >= 4 is 15.7 Å². The monoisotopic (exact) mass is 319 g/mol. The summed E-state index contributed by atoms with van der Waals surface area (Å²) < 4.78 is 28.2. The van der Waals surface area contributed by atoms with Crippen LogP contribution in [0.2, 0.25) is 0 Å². The van der Waals surface area contributed by atoms with Crippen molar-refractivity contribution in [3.8, 4) is 11.1 Å². The molecule has 1 aliphatic rings. The lowest BCUT2D eigenvalue weighted by Gasteiger charge is -2.09. The Balaban J connectivity index is 1.68. The fourth-order valence-corrected chi connectivity index (χ4v) is 4.54. The van der Waals surface area contributed by atoms with E-state index in [1.807, 2.05) is 30.3 Å². The van der Waals surface area contributed by atoms with Gasteiger partial charge in [0.15, 0.2) is 15.6 Å². The number of benzene rings is 1. The van der Waals surface area contributed by atoms with E-state index in [9.17, 15) is 13.2 Å². The quantitative estimate of drug-likeness (QED) is 0.936. The summed E-state index contributed by atoms with van der Waals surface area (Å²) >= 11 is 0. The fourth-order valence-electron chi connectivity index (χ4n) is 2.68. The Hall–Kier alpha value is -2.08. The van der Waals surface area contributed by atoms with Gasteiger partial charge in [-0.15, -0.1) is 0 Å². The van der Waals surface area contributed by atoms with Crippen LogP contribution in [-0.2, 0) is 9.84 Å². The molecule has 0 spiro atoms. The Bertz CT molecular complexity index is 764. The molecule has 1 aromatic heterocycles. The molecule has 6 heteroatoms. The van der Waals surface area contributed by atoms with E-state index >= 15 is 0 Å². The Morgan fingerprint density at radius 3 is 2.68 bits per heavy atom. The summed E-state index contributed by atoms with van der Waals surface area (Å²) in [5.74, 6) is 0.296. The van der Waals surface area contributed by atoms with Gasteiger partial charge >= 0.3 is 0 Å². The van der Waals surface area contributed by atoms with Crippen molar-refractivity contribution in [3.63, 3.8) is 0 Å². The van der Waals surface area contributed by atoms with E-state index in [2.05, 4.69) is 5.32 Å². The zero-order valence-corrected chi connectivity index (χ0v) is 12.8. The van der Waals surface area contributed by atoms with Crippen LogP contribution >= 0.6 is 0 Å². The summed E-state index contributed by atoms with van der Waals surface area (Å²) in [6, 6.07) is 11.3. The van der Waals surface area contributed by atoms with Crippen LogP contribution in [0.1, 0.15) is 17.0 Å². The molecule has 1 aliphatic heterocycles. The zero-order chi connectivity index (χ0) is 15.6. The number of hydrogen-bond acceptors (Lipinski definition) is 4. The van der Waals surface area contributed by atoms with Crippen molar-refractivity contribution < 1.29 is 17.6 Å². The third-order valence-electron chi connectivity index (χ3n) is 3.83. The normalized spacial score (nSPS) is 19.9. The Morgan fingerprint density at radius 1 is 1.23 bits per heavy atom. The van der Waals surface area contributed by atoms with Crippen LogP contribution in [0.3, 0.4) is 0 Å². The first-order chi connectivity index (χ1) is 10.6. The van der Waals surface area contributed by atoms with Crippen molar-refractivity contribution in [1.29, 1.82) is 0 Å². The third kappa shape index (κ3) is 3.22. The lowest BCUT2D eigenvalue weighted by Crippen LogP contribution is -2.29. The molecular weight excluding hydrogens is 302 g/mol. The van der Waals surface area contributed by atoms with E-state index in [4.69, 9.17) is 4.42 Å². The second-order valence-electron chi connectivity index (χ2n) is 5.51. The Labute approximate surface area is 129 Å². The van der Waals surface area contributed by atoms with Gasteiger partial charge in [-0.05, 0) is 24.0 Å². The van der Waals surface area contributed by atoms with Gasteiger partial charge < -0.3 is 9.73 Å². The van der Waals surface area contributed by atoms with Crippen LogP contribution in [0.5, 0.6) is 0 Å². The van der Waals surface area contributed by atoms with Crippen LogP contribution in [0, 0.1) is 5.92 Å². The highest BCUT2D eigenvalue weighted by atomic mass is 32.2. The zero-order valence-electron chi connectivity index (χ0n) is 12.0. The van der Waals surface area contributed by atoms with Gasteiger partial charge in [0.2, 0.25) is 0 Å². The first-order valence-electron chi connectivity index (χ1n) is 7.17. The van der Waals surface area contributed by atoms with Crippen molar-refractivity contribution in [2.45, 2.75) is 6.42 Å². The van der Waals surface area contributed by atoms with Crippen LogP contribution in [-0.4, -0.2) is 32.4 Å². The number of carbonyl (C=O) groups is 1. The fraction of sp³-hybridized carbons (Fsp3) is 0.312. The standard InChI is InChI=1S/C16H17NO4S/c18-16(17-10-12-7-9-22(19,20)11-12)15-14(6-8-21-15)13-4-2-1-3-5-13/h1-6,8,12H,7,9-11H2,(H,17,18). The predicted molar refractivity (Wildman–Crippen MR) is 83.2 cm³/mol. The number of amides is 1. The van der Waals surface area contributed by atoms with Gasteiger partial charge in [-0.1, -0.05) is 30.3 Å². The number of furan rings is 1. The number of carbonyl (C=O) groups excluding carboxylic acids is 1. The molecule has 0 bridgehead atoms. The van der Waals surface area contributed by atoms with Crippen molar-refractivity contribution in [3.05, 3.63) is 48.4 Å². The highest BCUT2D eigenvalue weighted by Crippen LogP contribution is 2.25. The maximum absolute atomic E-state index is 12.3. The molecule has 5 nitrogen and oxygen atoms in total. The average Bonchev–Trinajstić information content (AvgIpc) is 3.12. The summed E-state index contributed by atoms with van der Waals surface area (Å²) in [5, 5.41) is 2.78. The van der Waals surface area contributed by atoms with E-state index in [1.165, 1.54) is 6.26 Å². The van der Waals surface area contributed by atoms with Gasteiger partial charge in [0.25, 0.3) is 5.91 Å². The van der Waals surface area contributed by atoms with E-state index in [0.717, 1.165) is 11.1 Å². The molecule has 0 radical (unpaired) electrons. The predicted octanol–water partition coefficient (Wildman–Crippen LogP) is 2.11. The second kappa shape index (κ2) is 5.96. The van der Waals surface area contributed by atoms with Crippen LogP contribution in [0.4, 0.5) is 0 Å². The first-order valence-corrected chi connectivity index (χ1v) is 8.99. The topological polar surface area (TPSA) is 76.4 Å². The largest absolute Gasteiger partial charge is 0.459 e. The van der Waals surface area contributed by atoms with Gasteiger partial charge in [0.1, 0.15) is 0 Å². The Kier molecular flexibility index (Phi) is 4.02. The third-order valence-corrected chi connectivity index (χ3v) is 5.67. The lowest BCUT2D eigenvalue weighted by molar-refractivity contribution is 0.0921. The Morgan fingerprint density at radius 2 is 2.00 bits per heavy atom. The van der Waals surface area contributed by atoms with E-state index in [1.54, 1.807) is 6.07 Å². The smallest absolute Gasteiger partial charge is 0.287 e. The molecule has 0 aliphatic carbocycles. The molecule has 1 N–H and O–H groups in total. The van der Waals surface area contributed by atoms with Gasteiger partial charge in [-0.25, -0.2) is 8.42 Å². The highest BCUT2D eigenvalue weighted by molar-refractivity contribution is 7.91. The molecule has 1 aromatic carbocycles. The molecule has 0 saturated carbocycles. The van der Waals surface area contributed by atoms with Crippen LogP contribution in [0.25, 0.3) is 11.1 Å². The number of sulfone groups is 1. The summed E-state index contributed by atoms with van der Waals surface area (Å²) in [4.78, 5) is 12.3. The summed E-state index contributed by atoms with van der Waals surface area (Å²) in [6.45, 7) is 0.354.